The van der Waals surface area contributed by atoms with E-state index < -0.39 is 5.41 Å². The summed E-state index contributed by atoms with van der Waals surface area (Å²) in [5.74, 6) is -0.161. The molecule has 4 N–H and O–H groups in total. The first-order valence-corrected chi connectivity index (χ1v) is 7.28. The second kappa shape index (κ2) is 7.22. The molecule has 0 fully saturated rings. The molecule has 5 nitrogen and oxygen atoms in total. The average Bonchev–Trinajstić information content (AvgIpc) is 2.49. The van der Waals surface area contributed by atoms with E-state index in [9.17, 15) is 9.59 Å². The highest BCUT2D eigenvalue weighted by Crippen LogP contribution is 2.25. The Bertz CT molecular complexity index is 522. The van der Waals surface area contributed by atoms with Crippen LogP contribution in [0.3, 0.4) is 0 Å². The predicted octanol–water partition coefficient (Wildman–Crippen LogP) is 2.66. The maximum absolute atomic E-state index is 12.4. The topological polar surface area (TPSA) is 84.2 Å². The number of aryl methyl sites for hydroxylation is 1. The summed E-state index contributed by atoms with van der Waals surface area (Å²) in [6, 6.07) is 5.46. The molecule has 0 saturated heterocycles. The van der Waals surface area contributed by atoms with Crippen LogP contribution in [0.15, 0.2) is 18.2 Å². The van der Waals surface area contributed by atoms with Gasteiger partial charge in [0.2, 0.25) is 11.8 Å². The molecule has 0 aromatic heterocycles. The Morgan fingerprint density at radius 3 is 2.43 bits per heavy atom. The maximum Gasteiger partial charge on any atom is 0.231 e. The zero-order valence-electron chi connectivity index (χ0n) is 13.2. The Hall–Kier alpha value is -1.88. The van der Waals surface area contributed by atoms with Gasteiger partial charge in [-0.2, -0.15) is 0 Å². The minimum absolute atomic E-state index is 0.0588. The van der Waals surface area contributed by atoms with Crippen LogP contribution in [0.25, 0.3) is 0 Å². The van der Waals surface area contributed by atoms with Gasteiger partial charge in [0, 0.05) is 24.3 Å². The summed E-state index contributed by atoms with van der Waals surface area (Å²) in [5, 5.41) is 5.70. The summed E-state index contributed by atoms with van der Waals surface area (Å²) >= 11 is 0. The number of nitrogens with two attached hydrogens (primary N) is 1. The Kier molecular flexibility index (Phi) is 5.90. The van der Waals surface area contributed by atoms with Crippen LogP contribution in [0, 0.1) is 12.3 Å². The number of anilines is 2. The number of hydrogen-bond acceptors (Lipinski definition) is 3. The van der Waals surface area contributed by atoms with Crippen LogP contribution in [-0.2, 0) is 9.59 Å². The highest BCUT2D eigenvalue weighted by Gasteiger charge is 2.29. The van der Waals surface area contributed by atoms with E-state index in [0.717, 1.165) is 5.56 Å². The lowest BCUT2D eigenvalue weighted by Gasteiger charge is -2.25. The molecule has 1 atom stereocenters. The van der Waals surface area contributed by atoms with Gasteiger partial charge in [0.1, 0.15) is 0 Å². The number of amides is 2. The van der Waals surface area contributed by atoms with Gasteiger partial charge in [-0.15, -0.1) is 0 Å². The van der Waals surface area contributed by atoms with E-state index in [2.05, 4.69) is 10.6 Å². The van der Waals surface area contributed by atoms with Gasteiger partial charge in [0.15, 0.2) is 0 Å². The largest absolute Gasteiger partial charge is 0.329 e. The van der Waals surface area contributed by atoms with Gasteiger partial charge in [0.25, 0.3) is 0 Å². The maximum atomic E-state index is 12.4. The molecule has 1 unspecified atom stereocenters. The van der Waals surface area contributed by atoms with Gasteiger partial charge in [-0.3, -0.25) is 9.59 Å². The smallest absolute Gasteiger partial charge is 0.231 e. The van der Waals surface area contributed by atoms with Gasteiger partial charge in [-0.05, 0) is 38.0 Å². The van der Waals surface area contributed by atoms with Crippen molar-refractivity contribution in [2.24, 2.45) is 11.1 Å². The summed E-state index contributed by atoms with van der Waals surface area (Å²) < 4.78 is 0. The van der Waals surface area contributed by atoms with E-state index in [4.69, 9.17) is 5.73 Å². The van der Waals surface area contributed by atoms with Crippen LogP contribution >= 0.6 is 0 Å². The molecule has 0 aliphatic carbocycles. The molecule has 0 spiro atoms. The molecule has 0 bridgehead atoms. The van der Waals surface area contributed by atoms with Crippen molar-refractivity contribution in [3.05, 3.63) is 23.8 Å². The second-order valence-corrected chi connectivity index (χ2v) is 5.50. The van der Waals surface area contributed by atoms with Crippen molar-refractivity contribution in [3.63, 3.8) is 0 Å². The Morgan fingerprint density at radius 2 is 1.90 bits per heavy atom. The molecule has 116 valence electrons. The van der Waals surface area contributed by atoms with E-state index in [0.29, 0.717) is 30.8 Å². The van der Waals surface area contributed by atoms with Gasteiger partial charge in [-0.1, -0.05) is 19.9 Å². The lowest BCUT2D eigenvalue weighted by atomic mass is 9.86. The first-order chi connectivity index (χ1) is 9.86. The summed E-state index contributed by atoms with van der Waals surface area (Å²) in [5.41, 5.74) is 7.43. The minimum atomic E-state index is -0.588. The number of benzene rings is 1. The standard InChI is InChI=1S/C16H25N3O2/c1-5-14(20)18-12-8-7-11(3)13(9-12)19-15(21)16(4,6-2)10-17/h7-9H,5-6,10,17H2,1-4H3,(H,18,20)(H,19,21). The lowest BCUT2D eigenvalue weighted by molar-refractivity contribution is -0.124. The highest BCUT2D eigenvalue weighted by atomic mass is 16.2. The van der Waals surface area contributed by atoms with Crippen LogP contribution in [-0.4, -0.2) is 18.4 Å². The quantitative estimate of drug-likeness (QED) is 0.753. The minimum Gasteiger partial charge on any atom is -0.329 e. The Morgan fingerprint density at radius 1 is 1.24 bits per heavy atom. The zero-order chi connectivity index (χ0) is 16.0. The first kappa shape index (κ1) is 17.2. The number of carbonyl (C=O) groups excluding carboxylic acids is 2. The number of carbonyl (C=O) groups is 2. The molecule has 0 aliphatic rings. The van der Waals surface area contributed by atoms with Crippen LogP contribution in [0.1, 0.15) is 39.2 Å². The third kappa shape index (κ3) is 4.29. The van der Waals surface area contributed by atoms with Gasteiger partial charge in [-0.25, -0.2) is 0 Å². The van der Waals surface area contributed by atoms with E-state index in [1.807, 2.05) is 32.9 Å². The normalized spacial score (nSPS) is 13.4. The van der Waals surface area contributed by atoms with E-state index in [-0.39, 0.29) is 11.8 Å². The molecule has 21 heavy (non-hydrogen) atoms. The van der Waals surface area contributed by atoms with Gasteiger partial charge < -0.3 is 16.4 Å². The third-order valence-corrected chi connectivity index (χ3v) is 3.87. The number of nitrogens with one attached hydrogen (secondary N) is 2. The highest BCUT2D eigenvalue weighted by molar-refractivity contribution is 5.97. The molecule has 1 aromatic rings. The van der Waals surface area contributed by atoms with Crippen molar-refractivity contribution in [3.8, 4) is 0 Å². The molecule has 0 aliphatic heterocycles. The molecule has 0 radical (unpaired) electrons. The fourth-order valence-electron chi connectivity index (χ4n) is 1.75. The van der Waals surface area contributed by atoms with Crippen LogP contribution in [0.5, 0.6) is 0 Å². The van der Waals surface area contributed by atoms with Crippen molar-refractivity contribution < 1.29 is 9.59 Å². The third-order valence-electron chi connectivity index (χ3n) is 3.87. The van der Waals surface area contributed by atoms with Crippen molar-refractivity contribution >= 4 is 23.2 Å². The van der Waals surface area contributed by atoms with Crippen LogP contribution < -0.4 is 16.4 Å². The molecule has 0 heterocycles. The summed E-state index contributed by atoms with van der Waals surface area (Å²) in [6.07, 6.45) is 1.08. The molecule has 5 heteroatoms. The predicted molar refractivity (Wildman–Crippen MR) is 86.2 cm³/mol. The van der Waals surface area contributed by atoms with Crippen molar-refractivity contribution in [1.82, 2.24) is 0 Å². The lowest BCUT2D eigenvalue weighted by Crippen LogP contribution is -2.39. The van der Waals surface area contributed by atoms with Crippen LogP contribution in [0.2, 0.25) is 0 Å². The number of hydrogen-bond donors (Lipinski definition) is 3. The average molecular weight is 291 g/mol. The van der Waals surface area contributed by atoms with E-state index in [1.165, 1.54) is 0 Å². The van der Waals surface area contributed by atoms with Crippen molar-refractivity contribution in [2.45, 2.75) is 40.5 Å². The number of rotatable bonds is 6. The molecule has 1 rings (SSSR count). The summed E-state index contributed by atoms with van der Waals surface area (Å²) in [7, 11) is 0. The van der Waals surface area contributed by atoms with E-state index >= 15 is 0 Å². The second-order valence-electron chi connectivity index (χ2n) is 5.50. The van der Waals surface area contributed by atoms with Crippen molar-refractivity contribution in [1.29, 1.82) is 0 Å². The summed E-state index contributed by atoms with van der Waals surface area (Å²) in [6.45, 7) is 7.78. The Labute approximate surface area is 126 Å². The zero-order valence-corrected chi connectivity index (χ0v) is 13.2. The first-order valence-electron chi connectivity index (χ1n) is 7.28. The molecule has 1 aromatic carbocycles. The monoisotopic (exact) mass is 291 g/mol. The van der Waals surface area contributed by atoms with Crippen LogP contribution in [0.4, 0.5) is 11.4 Å². The molecular formula is C16H25N3O2. The van der Waals surface area contributed by atoms with Gasteiger partial charge in [0.05, 0.1) is 5.41 Å². The molecule has 0 saturated carbocycles. The fraction of sp³-hybridized carbons (Fsp3) is 0.500. The molecular weight excluding hydrogens is 266 g/mol. The Balaban J connectivity index is 2.95. The van der Waals surface area contributed by atoms with Gasteiger partial charge >= 0.3 is 0 Å². The van der Waals surface area contributed by atoms with Crippen molar-refractivity contribution in [2.75, 3.05) is 17.2 Å². The fourth-order valence-corrected chi connectivity index (χ4v) is 1.75. The summed E-state index contributed by atoms with van der Waals surface area (Å²) in [4.78, 5) is 23.8. The van der Waals surface area contributed by atoms with E-state index in [1.54, 1.807) is 13.0 Å². The SMILES string of the molecule is CCC(=O)Nc1ccc(C)c(NC(=O)C(C)(CC)CN)c1. The molecule has 2 amide bonds.